The van der Waals surface area contributed by atoms with Crippen LogP contribution in [-0.2, 0) is 0 Å². The number of amides is 1. The SMILES string of the molecule is C=C(C)CNc1ccc(C(=O)N2CCN(C(C)C)[C@H](CC)C2)cn1. The smallest absolute Gasteiger partial charge is 0.255 e. The minimum absolute atomic E-state index is 0.0795. The van der Waals surface area contributed by atoms with E-state index in [9.17, 15) is 4.79 Å². The van der Waals surface area contributed by atoms with Gasteiger partial charge in [-0.1, -0.05) is 19.1 Å². The third-order valence-electron chi connectivity index (χ3n) is 4.53. The van der Waals surface area contributed by atoms with E-state index in [0.29, 0.717) is 24.2 Å². The molecule has 1 saturated heterocycles. The summed E-state index contributed by atoms with van der Waals surface area (Å²) >= 11 is 0. The molecule has 5 heteroatoms. The first-order valence-corrected chi connectivity index (χ1v) is 8.81. The quantitative estimate of drug-likeness (QED) is 0.815. The molecule has 0 radical (unpaired) electrons. The zero-order valence-corrected chi connectivity index (χ0v) is 15.4. The van der Waals surface area contributed by atoms with Crippen LogP contribution in [-0.4, -0.2) is 59.0 Å². The van der Waals surface area contributed by atoms with Crippen molar-refractivity contribution in [2.45, 2.75) is 46.2 Å². The molecule has 1 aromatic rings. The Bertz CT molecular complexity index is 567. The summed E-state index contributed by atoms with van der Waals surface area (Å²) in [5.41, 5.74) is 1.70. The van der Waals surface area contributed by atoms with E-state index < -0.39 is 0 Å². The number of carbonyl (C=O) groups excluding carboxylic acids is 1. The van der Waals surface area contributed by atoms with E-state index in [0.717, 1.165) is 37.4 Å². The first-order chi connectivity index (χ1) is 11.4. The number of aromatic nitrogens is 1. The number of anilines is 1. The monoisotopic (exact) mass is 330 g/mol. The Morgan fingerprint density at radius 1 is 1.42 bits per heavy atom. The number of nitrogens with zero attached hydrogens (tertiary/aromatic N) is 3. The lowest BCUT2D eigenvalue weighted by molar-refractivity contribution is 0.0371. The second kappa shape index (κ2) is 8.29. The molecule has 0 bridgehead atoms. The molecule has 1 atom stereocenters. The van der Waals surface area contributed by atoms with Crippen LogP contribution in [0.3, 0.4) is 0 Å². The molecule has 0 unspecified atom stereocenters. The van der Waals surface area contributed by atoms with Gasteiger partial charge < -0.3 is 10.2 Å². The highest BCUT2D eigenvalue weighted by atomic mass is 16.2. The highest BCUT2D eigenvalue weighted by Gasteiger charge is 2.30. The minimum Gasteiger partial charge on any atom is -0.366 e. The first-order valence-electron chi connectivity index (χ1n) is 8.81. The van der Waals surface area contributed by atoms with E-state index in [-0.39, 0.29) is 5.91 Å². The van der Waals surface area contributed by atoms with Crippen LogP contribution >= 0.6 is 0 Å². The fourth-order valence-electron chi connectivity index (χ4n) is 3.15. The fourth-order valence-corrected chi connectivity index (χ4v) is 3.15. The fraction of sp³-hybridized carbons (Fsp3) is 0.579. The van der Waals surface area contributed by atoms with Crippen molar-refractivity contribution in [2.75, 3.05) is 31.5 Å². The molecule has 1 fully saturated rings. The third-order valence-corrected chi connectivity index (χ3v) is 4.53. The molecule has 1 aliphatic rings. The Labute approximate surface area is 145 Å². The maximum Gasteiger partial charge on any atom is 0.255 e. The van der Waals surface area contributed by atoms with Crippen molar-refractivity contribution in [3.05, 3.63) is 36.0 Å². The second-order valence-electron chi connectivity index (χ2n) is 6.89. The van der Waals surface area contributed by atoms with Crippen molar-refractivity contribution in [2.24, 2.45) is 0 Å². The predicted molar refractivity (Wildman–Crippen MR) is 99.4 cm³/mol. The number of hydrogen-bond donors (Lipinski definition) is 1. The Morgan fingerprint density at radius 3 is 2.71 bits per heavy atom. The molecule has 24 heavy (non-hydrogen) atoms. The summed E-state index contributed by atoms with van der Waals surface area (Å²) in [7, 11) is 0. The van der Waals surface area contributed by atoms with Gasteiger partial charge in [0.05, 0.1) is 5.56 Å². The maximum atomic E-state index is 12.7. The average Bonchev–Trinajstić information content (AvgIpc) is 2.59. The molecule has 0 aliphatic carbocycles. The number of hydrogen-bond acceptors (Lipinski definition) is 4. The second-order valence-corrected chi connectivity index (χ2v) is 6.89. The molecule has 2 rings (SSSR count). The van der Waals surface area contributed by atoms with Gasteiger partial charge in [-0.15, -0.1) is 0 Å². The first kappa shape index (κ1) is 18.5. The molecule has 0 aromatic carbocycles. The Balaban J connectivity index is 2.00. The van der Waals surface area contributed by atoms with E-state index in [1.165, 1.54) is 0 Å². The average molecular weight is 330 g/mol. The van der Waals surface area contributed by atoms with Crippen LogP contribution in [0.1, 0.15) is 44.5 Å². The molecule has 0 saturated carbocycles. The minimum atomic E-state index is 0.0795. The van der Waals surface area contributed by atoms with Crippen LogP contribution in [0.25, 0.3) is 0 Å². The van der Waals surface area contributed by atoms with E-state index in [1.807, 2.05) is 24.0 Å². The standard InChI is InChI=1S/C19H30N4O/c1-6-17-13-22(9-10-23(17)15(4)5)19(24)16-7-8-18(21-12-16)20-11-14(2)3/h7-8,12,15,17H,2,6,9-11,13H2,1,3-5H3,(H,20,21)/t17-/m1/s1. The molecule has 1 N–H and O–H groups in total. The lowest BCUT2D eigenvalue weighted by Crippen LogP contribution is -2.56. The van der Waals surface area contributed by atoms with Crippen molar-refractivity contribution in [1.82, 2.24) is 14.8 Å². The summed E-state index contributed by atoms with van der Waals surface area (Å²) in [6.45, 7) is 15.7. The highest BCUT2D eigenvalue weighted by molar-refractivity contribution is 5.94. The summed E-state index contributed by atoms with van der Waals surface area (Å²) < 4.78 is 0. The Morgan fingerprint density at radius 2 is 2.17 bits per heavy atom. The van der Waals surface area contributed by atoms with Gasteiger partial charge in [0.1, 0.15) is 5.82 Å². The Hall–Kier alpha value is -1.88. The number of piperazine rings is 1. The summed E-state index contributed by atoms with van der Waals surface area (Å²) in [6, 6.07) is 4.67. The van der Waals surface area contributed by atoms with Gasteiger partial charge in [-0.3, -0.25) is 9.69 Å². The van der Waals surface area contributed by atoms with Crippen LogP contribution in [0.15, 0.2) is 30.5 Å². The topological polar surface area (TPSA) is 48.5 Å². The zero-order chi connectivity index (χ0) is 17.7. The van der Waals surface area contributed by atoms with Crippen molar-refractivity contribution in [3.63, 3.8) is 0 Å². The molecule has 0 spiro atoms. The van der Waals surface area contributed by atoms with E-state index in [2.05, 4.69) is 42.6 Å². The van der Waals surface area contributed by atoms with Gasteiger partial charge in [-0.25, -0.2) is 4.98 Å². The third kappa shape index (κ3) is 4.57. The highest BCUT2D eigenvalue weighted by Crippen LogP contribution is 2.18. The number of rotatable bonds is 6. The van der Waals surface area contributed by atoms with E-state index in [1.54, 1.807) is 6.20 Å². The van der Waals surface area contributed by atoms with E-state index >= 15 is 0 Å². The van der Waals surface area contributed by atoms with Crippen molar-refractivity contribution in [3.8, 4) is 0 Å². The van der Waals surface area contributed by atoms with Gasteiger partial charge in [-0.05, 0) is 39.3 Å². The van der Waals surface area contributed by atoms with Gasteiger partial charge in [0.25, 0.3) is 5.91 Å². The van der Waals surface area contributed by atoms with Crippen LogP contribution < -0.4 is 5.32 Å². The summed E-state index contributed by atoms with van der Waals surface area (Å²) in [6.07, 6.45) is 2.73. The molecule has 132 valence electrons. The largest absolute Gasteiger partial charge is 0.366 e. The van der Waals surface area contributed by atoms with E-state index in [4.69, 9.17) is 0 Å². The van der Waals surface area contributed by atoms with Crippen LogP contribution in [0.2, 0.25) is 0 Å². The molecule has 1 amide bonds. The number of carbonyl (C=O) groups is 1. The normalized spacial score (nSPS) is 18.7. The summed E-state index contributed by atoms with van der Waals surface area (Å²) in [5, 5.41) is 3.18. The van der Waals surface area contributed by atoms with Crippen molar-refractivity contribution < 1.29 is 4.79 Å². The van der Waals surface area contributed by atoms with Crippen LogP contribution in [0.5, 0.6) is 0 Å². The van der Waals surface area contributed by atoms with Crippen LogP contribution in [0, 0.1) is 0 Å². The molecule has 5 nitrogen and oxygen atoms in total. The van der Waals surface area contributed by atoms with Crippen molar-refractivity contribution in [1.29, 1.82) is 0 Å². The maximum absolute atomic E-state index is 12.7. The van der Waals surface area contributed by atoms with Crippen LogP contribution in [0.4, 0.5) is 5.82 Å². The number of pyridine rings is 1. The van der Waals surface area contributed by atoms with Crippen molar-refractivity contribution >= 4 is 11.7 Å². The summed E-state index contributed by atoms with van der Waals surface area (Å²) in [4.78, 5) is 21.5. The lowest BCUT2D eigenvalue weighted by atomic mass is 10.1. The van der Waals surface area contributed by atoms with Gasteiger partial charge in [0.15, 0.2) is 0 Å². The number of nitrogens with one attached hydrogen (secondary N) is 1. The molecular formula is C19H30N4O. The molecule has 2 heterocycles. The Kier molecular flexibility index (Phi) is 6.37. The molecule has 1 aromatic heterocycles. The van der Waals surface area contributed by atoms with Gasteiger partial charge in [0.2, 0.25) is 0 Å². The lowest BCUT2D eigenvalue weighted by Gasteiger charge is -2.43. The van der Waals surface area contributed by atoms with Gasteiger partial charge in [-0.2, -0.15) is 0 Å². The molecule has 1 aliphatic heterocycles. The van der Waals surface area contributed by atoms with Gasteiger partial charge >= 0.3 is 0 Å². The predicted octanol–water partition coefficient (Wildman–Crippen LogP) is 3.01. The molecular weight excluding hydrogens is 300 g/mol. The summed E-state index contributed by atoms with van der Waals surface area (Å²) in [5.74, 6) is 0.849. The van der Waals surface area contributed by atoms with Gasteiger partial charge in [0, 0.05) is 44.5 Å². The zero-order valence-electron chi connectivity index (χ0n) is 15.4.